The Kier molecular flexibility index (Phi) is 4.97. The first-order chi connectivity index (χ1) is 8.43. The van der Waals surface area contributed by atoms with Gasteiger partial charge in [-0.1, -0.05) is 11.6 Å². The van der Waals surface area contributed by atoms with Crippen LogP contribution in [0.3, 0.4) is 0 Å². The first kappa shape index (κ1) is 14.3. The van der Waals surface area contributed by atoms with E-state index >= 15 is 0 Å². The van der Waals surface area contributed by atoms with Gasteiger partial charge in [0.25, 0.3) is 0 Å². The van der Waals surface area contributed by atoms with E-state index in [0.29, 0.717) is 11.5 Å². The second kappa shape index (κ2) is 6.26. The molecule has 0 radical (unpaired) electrons. The highest BCUT2D eigenvalue weighted by molar-refractivity contribution is 6.19. The summed E-state index contributed by atoms with van der Waals surface area (Å²) in [5.74, 6) is -1.06. The highest BCUT2D eigenvalue weighted by Gasteiger charge is 2.17. The van der Waals surface area contributed by atoms with E-state index in [1.165, 1.54) is 19.2 Å². The van der Waals surface area contributed by atoms with Crippen molar-refractivity contribution in [2.24, 2.45) is 0 Å². The molecule has 1 rings (SSSR count). The Bertz CT molecular complexity index is 456. The molecule has 0 amide bonds. The van der Waals surface area contributed by atoms with E-state index in [9.17, 15) is 9.59 Å². The van der Waals surface area contributed by atoms with Gasteiger partial charge in [-0.3, -0.25) is 9.59 Å². The number of benzene rings is 1. The third-order valence-corrected chi connectivity index (χ3v) is 2.17. The van der Waals surface area contributed by atoms with Gasteiger partial charge in [-0.25, -0.2) is 0 Å². The Morgan fingerprint density at radius 3 is 2.61 bits per heavy atom. The maximum atomic E-state index is 11.7. The van der Waals surface area contributed by atoms with Crippen molar-refractivity contribution < 1.29 is 24.2 Å². The maximum absolute atomic E-state index is 11.7. The number of alkyl halides is 1. The van der Waals surface area contributed by atoms with Gasteiger partial charge in [0.2, 0.25) is 0 Å². The zero-order chi connectivity index (χ0) is 13.7. The molecule has 1 aromatic rings. The van der Waals surface area contributed by atoms with Crippen LogP contribution in [0.25, 0.3) is 0 Å². The fourth-order valence-electron chi connectivity index (χ4n) is 1.40. The van der Waals surface area contributed by atoms with E-state index in [1.807, 2.05) is 0 Å². The predicted molar refractivity (Wildman–Crippen MR) is 65.5 cm³/mol. The summed E-state index contributed by atoms with van der Waals surface area (Å²) in [6, 6.07) is 4.54. The Hall–Kier alpha value is -1.75. The van der Waals surface area contributed by atoms with Crippen LogP contribution in [0, 0.1) is 0 Å². The lowest BCUT2D eigenvalue weighted by atomic mass is 10.1. The first-order valence-electron chi connectivity index (χ1n) is 5.17. The zero-order valence-corrected chi connectivity index (χ0v) is 10.7. The number of hydrogen-bond donors (Lipinski definition) is 1. The predicted octanol–water partition coefficient (Wildman–Crippen LogP) is 2.32. The third kappa shape index (κ3) is 3.92. The molecule has 0 aliphatic carbocycles. The van der Waals surface area contributed by atoms with E-state index in [4.69, 9.17) is 26.2 Å². The lowest BCUT2D eigenvalue weighted by Crippen LogP contribution is -2.09. The molecule has 1 aromatic carbocycles. The van der Waals surface area contributed by atoms with Crippen molar-refractivity contribution in [2.75, 3.05) is 7.11 Å². The highest BCUT2D eigenvalue weighted by Crippen LogP contribution is 2.26. The molecule has 0 aliphatic heterocycles. The van der Waals surface area contributed by atoms with E-state index in [0.717, 1.165) is 0 Å². The largest absolute Gasteiger partial charge is 0.496 e. The molecule has 18 heavy (non-hydrogen) atoms. The molecule has 6 heteroatoms. The molecular weight excluding hydrogens is 260 g/mol. The van der Waals surface area contributed by atoms with Crippen molar-refractivity contribution in [2.45, 2.75) is 18.9 Å². The number of carboxylic acids is 1. The van der Waals surface area contributed by atoms with E-state index in [2.05, 4.69) is 0 Å². The minimum Gasteiger partial charge on any atom is -0.496 e. The second-order valence-corrected chi connectivity index (χ2v) is 4.13. The van der Waals surface area contributed by atoms with Crippen LogP contribution in [0.15, 0.2) is 18.2 Å². The van der Waals surface area contributed by atoms with E-state index < -0.39 is 23.7 Å². The minimum atomic E-state index is -1.20. The Morgan fingerprint density at radius 1 is 1.44 bits per heavy atom. The molecule has 1 N–H and O–H groups in total. The second-order valence-electron chi connectivity index (χ2n) is 3.52. The van der Waals surface area contributed by atoms with Crippen LogP contribution in [0.2, 0.25) is 0 Å². The Morgan fingerprint density at radius 2 is 2.11 bits per heavy atom. The lowest BCUT2D eigenvalue weighted by molar-refractivity contribution is -0.135. The van der Waals surface area contributed by atoms with Crippen LogP contribution in [-0.4, -0.2) is 29.5 Å². The lowest BCUT2D eigenvalue weighted by Gasteiger charge is -2.11. The molecule has 1 unspecified atom stereocenters. The SMILES string of the molecule is COc1ccc(OC(C)Cl)cc1C(=O)CC(=O)O. The molecule has 0 heterocycles. The summed E-state index contributed by atoms with van der Waals surface area (Å²) >= 11 is 5.67. The van der Waals surface area contributed by atoms with E-state index in [1.54, 1.807) is 13.0 Å². The van der Waals surface area contributed by atoms with Gasteiger partial charge < -0.3 is 14.6 Å². The monoisotopic (exact) mass is 272 g/mol. The molecule has 0 spiro atoms. The van der Waals surface area contributed by atoms with Crippen molar-refractivity contribution >= 4 is 23.4 Å². The quantitative estimate of drug-likeness (QED) is 0.489. The number of rotatable bonds is 6. The average molecular weight is 273 g/mol. The van der Waals surface area contributed by atoms with Gasteiger partial charge in [-0.15, -0.1) is 0 Å². The topological polar surface area (TPSA) is 72.8 Å². The maximum Gasteiger partial charge on any atom is 0.311 e. The number of ether oxygens (including phenoxy) is 2. The molecule has 98 valence electrons. The molecule has 0 fully saturated rings. The van der Waals surface area contributed by atoms with Crippen LogP contribution in [0.5, 0.6) is 11.5 Å². The summed E-state index contributed by atoms with van der Waals surface area (Å²) < 4.78 is 10.2. The van der Waals surface area contributed by atoms with Crippen LogP contribution >= 0.6 is 11.6 Å². The fraction of sp³-hybridized carbons (Fsp3) is 0.333. The average Bonchev–Trinajstić information content (AvgIpc) is 2.27. The van der Waals surface area contributed by atoms with Crippen LogP contribution in [0.4, 0.5) is 0 Å². The zero-order valence-electron chi connectivity index (χ0n) is 9.97. The van der Waals surface area contributed by atoms with Gasteiger partial charge in [-0.05, 0) is 25.1 Å². The van der Waals surface area contributed by atoms with Crippen LogP contribution < -0.4 is 9.47 Å². The van der Waals surface area contributed by atoms with E-state index in [-0.39, 0.29) is 5.56 Å². The molecule has 0 saturated carbocycles. The van der Waals surface area contributed by atoms with Gasteiger partial charge in [0.15, 0.2) is 11.3 Å². The van der Waals surface area contributed by atoms with Gasteiger partial charge in [0.1, 0.15) is 17.9 Å². The molecule has 1 atom stereocenters. The Balaban J connectivity index is 3.05. The highest BCUT2D eigenvalue weighted by atomic mass is 35.5. The molecule has 0 saturated heterocycles. The summed E-state index contributed by atoms with van der Waals surface area (Å²) in [5, 5.41) is 8.61. The fourth-order valence-corrected chi connectivity index (χ4v) is 1.50. The van der Waals surface area contributed by atoms with Crippen molar-refractivity contribution in [3.63, 3.8) is 0 Å². The minimum absolute atomic E-state index is 0.162. The summed E-state index contributed by atoms with van der Waals surface area (Å²) in [5.41, 5.74) is -0.393. The number of methoxy groups -OCH3 is 1. The van der Waals surface area contributed by atoms with Gasteiger partial charge in [0, 0.05) is 0 Å². The smallest absolute Gasteiger partial charge is 0.311 e. The van der Waals surface area contributed by atoms with Crippen LogP contribution in [0.1, 0.15) is 23.7 Å². The van der Waals surface area contributed by atoms with Crippen molar-refractivity contribution in [3.8, 4) is 11.5 Å². The standard InChI is InChI=1S/C12H13ClO5/c1-7(13)18-8-3-4-11(17-2)9(5-8)10(14)6-12(15)16/h3-5,7H,6H2,1-2H3,(H,15,16). The number of carbonyl (C=O) groups is 2. The number of aliphatic carboxylic acids is 1. The third-order valence-electron chi connectivity index (χ3n) is 2.08. The van der Waals surface area contributed by atoms with Crippen LogP contribution in [-0.2, 0) is 4.79 Å². The molecule has 0 aromatic heterocycles. The van der Waals surface area contributed by atoms with Crippen molar-refractivity contribution in [3.05, 3.63) is 23.8 Å². The molecule has 0 aliphatic rings. The number of hydrogen-bond acceptors (Lipinski definition) is 4. The van der Waals surface area contributed by atoms with Crippen molar-refractivity contribution in [1.29, 1.82) is 0 Å². The molecular formula is C12H13ClO5. The summed E-state index contributed by atoms with van der Waals surface area (Å²) in [6.45, 7) is 1.63. The van der Waals surface area contributed by atoms with Gasteiger partial charge in [-0.2, -0.15) is 0 Å². The number of ketones is 1. The summed E-state index contributed by atoms with van der Waals surface area (Å²) in [7, 11) is 1.40. The molecule has 0 bridgehead atoms. The summed E-state index contributed by atoms with van der Waals surface area (Å²) in [4.78, 5) is 22.3. The number of Topliss-reactive ketones (excluding diaryl/α,β-unsaturated/α-hetero) is 1. The Labute approximate surface area is 109 Å². The number of carbonyl (C=O) groups excluding carboxylic acids is 1. The summed E-state index contributed by atoms with van der Waals surface area (Å²) in [6.07, 6.45) is -0.601. The number of carboxylic acid groups (broad SMARTS) is 1. The van der Waals surface area contributed by atoms with Crippen molar-refractivity contribution in [1.82, 2.24) is 0 Å². The normalized spacial score (nSPS) is 11.7. The first-order valence-corrected chi connectivity index (χ1v) is 5.61. The molecule has 5 nitrogen and oxygen atoms in total. The van der Waals surface area contributed by atoms with Gasteiger partial charge in [0.05, 0.1) is 12.7 Å². The van der Waals surface area contributed by atoms with Gasteiger partial charge >= 0.3 is 5.97 Å². The number of halogens is 1.